The number of ether oxygens (including phenoxy) is 1. The Balaban J connectivity index is 1.53. The van der Waals surface area contributed by atoms with Crippen LogP contribution in [-0.4, -0.2) is 44.6 Å². The molecule has 0 fully saturated rings. The van der Waals surface area contributed by atoms with E-state index in [0.29, 0.717) is 10.9 Å². The molecular formula is C17H18N6O2S. The summed E-state index contributed by atoms with van der Waals surface area (Å²) in [6.07, 6.45) is 1.57. The maximum atomic E-state index is 11.9. The fourth-order valence-corrected chi connectivity index (χ4v) is 2.85. The number of fused-ring (bicyclic) bond motifs is 1. The summed E-state index contributed by atoms with van der Waals surface area (Å²) in [5, 5.41) is 8.79. The zero-order valence-corrected chi connectivity index (χ0v) is 15.4. The normalized spacial score (nSPS) is 11.2. The highest BCUT2D eigenvalue weighted by Crippen LogP contribution is 2.15. The molecule has 1 N–H and O–H groups in total. The van der Waals surface area contributed by atoms with Crippen molar-refractivity contribution in [3.63, 3.8) is 0 Å². The highest BCUT2D eigenvalue weighted by atomic mass is 32.2. The number of methoxy groups -OCH3 is 1. The average Bonchev–Trinajstić information content (AvgIpc) is 3.04. The first-order valence-electron chi connectivity index (χ1n) is 7.85. The van der Waals surface area contributed by atoms with Crippen LogP contribution in [0, 0.1) is 13.8 Å². The van der Waals surface area contributed by atoms with Crippen LogP contribution in [0.15, 0.2) is 40.6 Å². The number of rotatable bonds is 6. The first-order chi connectivity index (χ1) is 12.5. The maximum Gasteiger partial charge on any atom is 0.253 e. The van der Waals surface area contributed by atoms with Crippen molar-refractivity contribution >= 4 is 29.7 Å². The third-order valence-corrected chi connectivity index (χ3v) is 4.29. The fraction of sp³-hybridized carbons (Fsp3) is 0.235. The molecule has 0 spiro atoms. The second kappa shape index (κ2) is 7.96. The van der Waals surface area contributed by atoms with Crippen molar-refractivity contribution in [2.45, 2.75) is 19.0 Å². The molecule has 0 atom stereocenters. The number of carbonyl (C=O) groups excluding carboxylic acids is 1. The van der Waals surface area contributed by atoms with Gasteiger partial charge in [-0.25, -0.2) is 14.9 Å². The van der Waals surface area contributed by atoms with Gasteiger partial charge in [0.05, 0.1) is 19.1 Å². The fourth-order valence-electron chi connectivity index (χ4n) is 2.24. The Hall–Kier alpha value is -2.94. The highest BCUT2D eigenvalue weighted by molar-refractivity contribution is 7.99. The molecule has 0 radical (unpaired) electrons. The van der Waals surface area contributed by atoms with E-state index in [2.05, 4.69) is 25.6 Å². The lowest BCUT2D eigenvalue weighted by atomic mass is 10.2. The minimum absolute atomic E-state index is 0.162. The quantitative estimate of drug-likeness (QED) is 0.405. The third-order valence-electron chi connectivity index (χ3n) is 3.45. The van der Waals surface area contributed by atoms with Crippen LogP contribution in [0.2, 0.25) is 0 Å². The van der Waals surface area contributed by atoms with Crippen LogP contribution in [0.1, 0.15) is 17.0 Å². The second-order valence-electron chi connectivity index (χ2n) is 5.50. The lowest BCUT2D eigenvalue weighted by Crippen LogP contribution is -2.19. The van der Waals surface area contributed by atoms with Gasteiger partial charge in [0.2, 0.25) is 5.16 Å². The molecule has 9 heteroatoms. The van der Waals surface area contributed by atoms with Gasteiger partial charge in [-0.2, -0.15) is 10.1 Å². The molecule has 2 heterocycles. The Morgan fingerprint density at radius 3 is 2.81 bits per heavy atom. The maximum absolute atomic E-state index is 11.9. The largest absolute Gasteiger partial charge is 0.497 e. The number of nitrogens with zero attached hydrogens (tertiary/aromatic N) is 5. The van der Waals surface area contributed by atoms with Crippen LogP contribution in [0.3, 0.4) is 0 Å². The molecule has 0 unspecified atom stereocenters. The van der Waals surface area contributed by atoms with Gasteiger partial charge in [-0.3, -0.25) is 4.79 Å². The minimum atomic E-state index is -0.237. The summed E-state index contributed by atoms with van der Waals surface area (Å²) in [6.45, 7) is 3.84. The van der Waals surface area contributed by atoms with Crippen molar-refractivity contribution in [1.29, 1.82) is 0 Å². The zero-order chi connectivity index (χ0) is 18.5. The molecule has 0 saturated carbocycles. The Bertz CT molecular complexity index is 952. The number of amides is 1. The number of hydrazone groups is 1. The van der Waals surface area contributed by atoms with Crippen LogP contribution >= 0.6 is 11.8 Å². The van der Waals surface area contributed by atoms with Gasteiger partial charge < -0.3 is 4.74 Å². The lowest BCUT2D eigenvalue weighted by molar-refractivity contribution is -0.118. The minimum Gasteiger partial charge on any atom is -0.497 e. The predicted molar refractivity (Wildman–Crippen MR) is 99.7 cm³/mol. The zero-order valence-electron chi connectivity index (χ0n) is 14.6. The second-order valence-corrected chi connectivity index (χ2v) is 6.44. The Kier molecular flexibility index (Phi) is 5.47. The monoisotopic (exact) mass is 370 g/mol. The van der Waals surface area contributed by atoms with Crippen LogP contribution in [0.4, 0.5) is 0 Å². The van der Waals surface area contributed by atoms with Crippen molar-refractivity contribution in [3.8, 4) is 5.75 Å². The number of thioether (sulfide) groups is 1. The number of aryl methyl sites for hydroxylation is 2. The number of nitrogens with one attached hydrogen (secondary N) is 1. The average molecular weight is 370 g/mol. The van der Waals surface area contributed by atoms with E-state index in [1.54, 1.807) is 17.8 Å². The predicted octanol–water partition coefficient (Wildman–Crippen LogP) is 1.99. The molecule has 0 saturated heterocycles. The smallest absolute Gasteiger partial charge is 0.253 e. The Morgan fingerprint density at radius 2 is 2.08 bits per heavy atom. The van der Waals surface area contributed by atoms with Gasteiger partial charge >= 0.3 is 0 Å². The van der Waals surface area contributed by atoms with Crippen LogP contribution < -0.4 is 10.2 Å². The van der Waals surface area contributed by atoms with Gasteiger partial charge in [0.25, 0.3) is 11.7 Å². The van der Waals surface area contributed by atoms with Crippen molar-refractivity contribution in [1.82, 2.24) is 25.0 Å². The third kappa shape index (κ3) is 4.37. The van der Waals surface area contributed by atoms with E-state index in [9.17, 15) is 4.79 Å². The summed E-state index contributed by atoms with van der Waals surface area (Å²) in [4.78, 5) is 20.5. The number of carbonyl (C=O) groups is 1. The summed E-state index contributed by atoms with van der Waals surface area (Å²) in [5.74, 6) is 1.22. The van der Waals surface area contributed by atoms with Gasteiger partial charge in [-0.05, 0) is 49.7 Å². The Morgan fingerprint density at radius 1 is 1.31 bits per heavy atom. The van der Waals surface area contributed by atoms with Gasteiger partial charge in [0.15, 0.2) is 0 Å². The SMILES string of the molecule is COc1ccc(/C=N/NC(=O)CSc2nc3nc(C)cc(C)n3n2)cc1. The summed E-state index contributed by atoms with van der Waals surface area (Å²) in [7, 11) is 1.61. The standard InChI is InChI=1S/C17H18N6O2S/c1-11-8-12(2)23-16(19-11)20-17(22-23)26-10-15(24)21-18-9-13-4-6-14(25-3)7-5-13/h4-9H,10H2,1-3H3,(H,21,24)/b18-9+. The molecule has 3 aromatic rings. The molecule has 0 bridgehead atoms. The molecule has 1 aromatic carbocycles. The van der Waals surface area contributed by atoms with Crippen LogP contribution in [-0.2, 0) is 4.79 Å². The lowest BCUT2D eigenvalue weighted by Gasteiger charge is -1.99. The van der Waals surface area contributed by atoms with Crippen LogP contribution in [0.5, 0.6) is 5.75 Å². The van der Waals surface area contributed by atoms with E-state index in [1.165, 1.54) is 11.8 Å². The molecule has 8 nitrogen and oxygen atoms in total. The van der Waals surface area contributed by atoms with E-state index < -0.39 is 0 Å². The van der Waals surface area contributed by atoms with Gasteiger partial charge in [-0.15, -0.1) is 5.10 Å². The first-order valence-corrected chi connectivity index (χ1v) is 8.83. The topological polar surface area (TPSA) is 93.8 Å². The van der Waals surface area contributed by atoms with E-state index in [1.807, 2.05) is 44.2 Å². The summed E-state index contributed by atoms with van der Waals surface area (Å²) in [6, 6.07) is 9.27. The molecular weight excluding hydrogens is 352 g/mol. The summed E-state index contributed by atoms with van der Waals surface area (Å²) >= 11 is 1.23. The van der Waals surface area contributed by atoms with E-state index in [-0.39, 0.29) is 11.7 Å². The molecule has 1 amide bonds. The molecule has 26 heavy (non-hydrogen) atoms. The summed E-state index contributed by atoms with van der Waals surface area (Å²) < 4.78 is 6.75. The molecule has 134 valence electrons. The van der Waals surface area contributed by atoms with Crippen molar-refractivity contribution < 1.29 is 9.53 Å². The number of hydrogen-bond acceptors (Lipinski definition) is 7. The van der Waals surface area contributed by atoms with Gasteiger partial charge in [0.1, 0.15) is 5.75 Å². The van der Waals surface area contributed by atoms with E-state index >= 15 is 0 Å². The molecule has 3 rings (SSSR count). The number of hydrogen-bond donors (Lipinski definition) is 1. The van der Waals surface area contributed by atoms with Gasteiger partial charge in [0, 0.05) is 11.4 Å². The highest BCUT2D eigenvalue weighted by Gasteiger charge is 2.10. The number of aromatic nitrogens is 4. The molecule has 2 aromatic heterocycles. The molecule has 0 aliphatic heterocycles. The van der Waals surface area contributed by atoms with Gasteiger partial charge in [-0.1, -0.05) is 11.8 Å². The van der Waals surface area contributed by atoms with Crippen molar-refractivity contribution in [2.24, 2.45) is 5.10 Å². The van der Waals surface area contributed by atoms with E-state index in [0.717, 1.165) is 22.7 Å². The van der Waals surface area contributed by atoms with Crippen molar-refractivity contribution in [3.05, 3.63) is 47.3 Å². The van der Waals surface area contributed by atoms with Crippen LogP contribution in [0.25, 0.3) is 5.78 Å². The summed E-state index contributed by atoms with van der Waals surface area (Å²) in [5.41, 5.74) is 5.17. The van der Waals surface area contributed by atoms with E-state index in [4.69, 9.17) is 4.74 Å². The number of benzene rings is 1. The van der Waals surface area contributed by atoms with Crippen molar-refractivity contribution in [2.75, 3.05) is 12.9 Å². The molecule has 0 aliphatic rings. The first kappa shape index (κ1) is 17.9. The Labute approximate surface area is 154 Å². The molecule has 0 aliphatic carbocycles.